The average molecular weight is 244 g/mol. The SMILES string of the molecule is COC1(OC)C=CC(C)([N+](=O)[O-])C=C1[N+](=O)[O-]. The van der Waals surface area contributed by atoms with Crippen molar-refractivity contribution in [1.82, 2.24) is 0 Å². The highest BCUT2D eigenvalue weighted by Crippen LogP contribution is 2.33. The molecule has 0 bridgehead atoms. The number of rotatable bonds is 4. The van der Waals surface area contributed by atoms with Crippen LogP contribution in [0.15, 0.2) is 23.9 Å². The van der Waals surface area contributed by atoms with Crippen LogP contribution in [0.2, 0.25) is 0 Å². The zero-order chi connectivity index (χ0) is 13.3. The van der Waals surface area contributed by atoms with Crippen LogP contribution >= 0.6 is 0 Å². The van der Waals surface area contributed by atoms with E-state index in [1.165, 1.54) is 33.3 Å². The summed E-state index contributed by atoms with van der Waals surface area (Å²) in [5.74, 6) is -1.68. The summed E-state index contributed by atoms with van der Waals surface area (Å²) in [6, 6.07) is 0. The summed E-state index contributed by atoms with van der Waals surface area (Å²) in [4.78, 5) is 20.4. The van der Waals surface area contributed by atoms with Crippen molar-refractivity contribution < 1.29 is 19.3 Å². The Balaban J connectivity index is 3.34. The van der Waals surface area contributed by atoms with Gasteiger partial charge in [0.05, 0.1) is 11.0 Å². The van der Waals surface area contributed by atoms with Crippen molar-refractivity contribution in [2.24, 2.45) is 0 Å². The Morgan fingerprint density at radius 1 is 1.18 bits per heavy atom. The fraction of sp³-hybridized carbons (Fsp3) is 0.556. The quantitative estimate of drug-likeness (QED) is 0.312. The predicted molar refractivity (Wildman–Crippen MR) is 56.4 cm³/mol. The molecule has 1 aliphatic carbocycles. The monoisotopic (exact) mass is 244 g/mol. The maximum atomic E-state index is 10.9. The molecular weight excluding hydrogens is 232 g/mol. The molecule has 0 aromatic carbocycles. The summed E-state index contributed by atoms with van der Waals surface area (Å²) in [6.07, 6.45) is 3.29. The lowest BCUT2D eigenvalue weighted by molar-refractivity contribution is -0.540. The Bertz CT molecular complexity index is 412. The van der Waals surface area contributed by atoms with E-state index in [-0.39, 0.29) is 0 Å². The first-order chi connectivity index (χ1) is 7.81. The zero-order valence-electron chi connectivity index (χ0n) is 9.58. The molecule has 1 rings (SSSR count). The van der Waals surface area contributed by atoms with Crippen molar-refractivity contribution in [2.75, 3.05) is 14.2 Å². The minimum Gasteiger partial charge on any atom is -0.341 e. The Kier molecular flexibility index (Phi) is 3.30. The summed E-state index contributed by atoms with van der Waals surface area (Å²) >= 11 is 0. The molecule has 0 fully saturated rings. The number of ether oxygens (including phenoxy) is 2. The van der Waals surface area contributed by atoms with Crippen LogP contribution in [-0.4, -0.2) is 35.4 Å². The van der Waals surface area contributed by atoms with E-state index in [0.29, 0.717) is 0 Å². The minimum atomic E-state index is -1.68. The first-order valence-electron chi connectivity index (χ1n) is 4.64. The van der Waals surface area contributed by atoms with Crippen LogP contribution in [0.4, 0.5) is 0 Å². The average Bonchev–Trinajstić information content (AvgIpc) is 2.29. The smallest absolute Gasteiger partial charge is 0.313 e. The molecule has 0 spiro atoms. The van der Waals surface area contributed by atoms with E-state index in [9.17, 15) is 20.2 Å². The van der Waals surface area contributed by atoms with Gasteiger partial charge in [0.1, 0.15) is 0 Å². The Labute approximate surface area is 96.8 Å². The first kappa shape index (κ1) is 13.3. The zero-order valence-corrected chi connectivity index (χ0v) is 9.58. The van der Waals surface area contributed by atoms with E-state index in [0.717, 1.165) is 6.08 Å². The Hall–Kier alpha value is -1.80. The van der Waals surface area contributed by atoms with E-state index in [1.807, 2.05) is 0 Å². The molecule has 1 unspecified atom stereocenters. The van der Waals surface area contributed by atoms with Gasteiger partial charge in [-0.2, -0.15) is 0 Å². The van der Waals surface area contributed by atoms with Crippen molar-refractivity contribution in [3.8, 4) is 0 Å². The van der Waals surface area contributed by atoms with Gasteiger partial charge >= 0.3 is 5.70 Å². The molecule has 0 aromatic heterocycles. The fourth-order valence-corrected chi connectivity index (χ4v) is 1.51. The summed E-state index contributed by atoms with van der Waals surface area (Å²) < 4.78 is 9.87. The second-order valence-electron chi connectivity index (χ2n) is 3.68. The molecule has 94 valence electrons. The van der Waals surface area contributed by atoms with E-state index in [2.05, 4.69) is 0 Å². The standard InChI is InChI=1S/C9H12N2O6/c1-8(11(14)15)4-5-9(16-2,17-3)7(6-8)10(12)13/h4-6H,1-3H3. The van der Waals surface area contributed by atoms with E-state index < -0.39 is 26.9 Å². The van der Waals surface area contributed by atoms with Gasteiger partial charge in [0.15, 0.2) is 0 Å². The molecule has 1 atom stereocenters. The first-order valence-corrected chi connectivity index (χ1v) is 4.64. The van der Waals surface area contributed by atoms with Crippen LogP contribution in [0.1, 0.15) is 6.92 Å². The highest BCUT2D eigenvalue weighted by Gasteiger charge is 2.50. The molecule has 0 radical (unpaired) electrons. The second kappa shape index (κ2) is 4.22. The van der Waals surface area contributed by atoms with Gasteiger partial charge in [-0.15, -0.1) is 0 Å². The van der Waals surface area contributed by atoms with Crippen LogP contribution < -0.4 is 0 Å². The molecular formula is C9H12N2O6. The molecule has 17 heavy (non-hydrogen) atoms. The molecule has 0 aliphatic heterocycles. The molecule has 0 saturated carbocycles. The summed E-state index contributed by atoms with van der Waals surface area (Å²) in [7, 11) is 2.44. The third-order valence-electron chi connectivity index (χ3n) is 2.62. The van der Waals surface area contributed by atoms with Gasteiger partial charge in [-0.05, 0) is 12.2 Å². The number of nitro groups is 2. The molecule has 0 amide bonds. The predicted octanol–water partition coefficient (Wildman–Crippen LogP) is 0.741. The fourth-order valence-electron chi connectivity index (χ4n) is 1.51. The lowest BCUT2D eigenvalue weighted by Crippen LogP contribution is -2.44. The number of nitrogens with zero attached hydrogens (tertiary/aromatic N) is 2. The van der Waals surface area contributed by atoms with Crippen molar-refractivity contribution in [2.45, 2.75) is 18.2 Å². The third-order valence-corrected chi connectivity index (χ3v) is 2.62. The van der Waals surface area contributed by atoms with Crippen LogP contribution in [0, 0.1) is 20.2 Å². The lowest BCUT2D eigenvalue weighted by Gasteiger charge is -2.28. The van der Waals surface area contributed by atoms with Gasteiger partial charge in [0.2, 0.25) is 0 Å². The molecule has 0 N–H and O–H groups in total. The van der Waals surface area contributed by atoms with Crippen molar-refractivity contribution in [3.05, 3.63) is 44.2 Å². The highest BCUT2D eigenvalue weighted by atomic mass is 16.7. The Morgan fingerprint density at radius 2 is 1.71 bits per heavy atom. The molecule has 8 heteroatoms. The van der Waals surface area contributed by atoms with Gasteiger partial charge in [0.25, 0.3) is 11.3 Å². The summed E-state index contributed by atoms with van der Waals surface area (Å²) in [5, 5.41) is 21.8. The van der Waals surface area contributed by atoms with Gasteiger partial charge in [0, 0.05) is 26.1 Å². The second-order valence-corrected chi connectivity index (χ2v) is 3.68. The lowest BCUT2D eigenvalue weighted by atomic mass is 9.92. The van der Waals surface area contributed by atoms with Crippen LogP contribution in [0.3, 0.4) is 0 Å². The minimum absolute atomic E-state index is 0.510. The van der Waals surface area contributed by atoms with E-state index >= 15 is 0 Å². The molecule has 0 heterocycles. The molecule has 1 aliphatic rings. The summed E-state index contributed by atoms with van der Waals surface area (Å²) in [5.41, 5.74) is -2.15. The number of methoxy groups -OCH3 is 2. The normalized spacial score (nSPS) is 26.4. The van der Waals surface area contributed by atoms with E-state index in [1.54, 1.807) is 0 Å². The van der Waals surface area contributed by atoms with Crippen LogP contribution in [0.25, 0.3) is 0 Å². The molecule has 0 aromatic rings. The molecule has 8 nitrogen and oxygen atoms in total. The van der Waals surface area contributed by atoms with Crippen LogP contribution in [0.5, 0.6) is 0 Å². The maximum absolute atomic E-state index is 10.9. The number of hydrogen-bond acceptors (Lipinski definition) is 6. The van der Waals surface area contributed by atoms with Gasteiger partial charge in [-0.3, -0.25) is 20.2 Å². The van der Waals surface area contributed by atoms with Crippen molar-refractivity contribution in [3.63, 3.8) is 0 Å². The van der Waals surface area contributed by atoms with E-state index in [4.69, 9.17) is 9.47 Å². The Morgan fingerprint density at radius 3 is 2.06 bits per heavy atom. The van der Waals surface area contributed by atoms with Gasteiger partial charge in [-0.1, -0.05) is 0 Å². The topological polar surface area (TPSA) is 105 Å². The third kappa shape index (κ3) is 2.04. The number of hydrogen-bond donors (Lipinski definition) is 0. The molecule has 0 saturated heterocycles. The van der Waals surface area contributed by atoms with Gasteiger partial charge < -0.3 is 9.47 Å². The summed E-state index contributed by atoms with van der Waals surface area (Å²) in [6.45, 7) is 1.25. The maximum Gasteiger partial charge on any atom is 0.313 e. The van der Waals surface area contributed by atoms with Crippen molar-refractivity contribution >= 4 is 0 Å². The largest absolute Gasteiger partial charge is 0.341 e. The van der Waals surface area contributed by atoms with Crippen LogP contribution in [-0.2, 0) is 9.47 Å². The van der Waals surface area contributed by atoms with Gasteiger partial charge in [-0.25, -0.2) is 0 Å². The van der Waals surface area contributed by atoms with Crippen molar-refractivity contribution in [1.29, 1.82) is 0 Å². The highest BCUT2D eigenvalue weighted by molar-refractivity contribution is 5.29.